The molecule has 0 spiro atoms. The molecule has 38 heavy (non-hydrogen) atoms. The number of hydrogen-bond donors (Lipinski definition) is 0. The Kier molecular flexibility index (Phi) is 8.59. The van der Waals surface area contributed by atoms with E-state index in [1.165, 1.54) is 54.4 Å². The van der Waals surface area contributed by atoms with Crippen molar-refractivity contribution in [1.29, 1.82) is 0 Å². The lowest BCUT2D eigenvalue weighted by atomic mass is 9.71. The Morgan fingerprint density at radius 2 is 1.45 bits per heavy atom. The minimum absolute atomic E-state index is 0.316. The molecule has 0 N–H and O–H groups in total. The van der Waals surface area contributed by atoms with Gasteiger partial charge in [0.05, 0.1) is 11.2 Å². The molecule has 1 heterocycles. The minimum Gasteiger partial charge on any atom is -0.399 e. The van der Waals surface area contributed by atoms with Crippen molar-refractivity contribution >= 4 is 12.6 Å². The van der Waals surface area contributed by atoms with Gasteiger partial charge < -0.3 is 9.31 Å². The first-order valence-corrected chi connectivity index (χ1v) is 14.0. The van der Waals surface area contributed by atoms with Gasteiger partial charge in [0.2, 0.25) is 0 Å². The molecular formula is C35H39BO2. The van der Waals surface area contributed by atoms with Crippen LogP contribution < -0.4 is 5.46 Å². The second-order valence-electron chi connectivity index (χ2n) is 11.4. The summed E-state index contributed by atoms with van der Waals surface area (Å²) in [6.07, 6.45) is 10.7. The molecule has 0 aromatic heterocycles. The lowest BCUT2D eigenvalue weighted by Crippen LogP contribution is -2.41. The molecule has 4 rings (SSSR count). The van der Waals surface area contributed by atoms with E-state index in [0.29, 0.717) is 0 Å². The standard InChI is InChI=1S/C35H39BO2/c1-7-9-11-13-15-19-25-35(26-20-16-14-12-10-8-2)31-22-18-17-21-29(31)30-24-23-28(27-32(30)35)36-37-33(3,4)34(5,6)38-36/h17-18,21-25,27H,1,8,10,12,14,16,20,26H2,2-6H3. The predicted molar refractivity (Wildman–Crippen MR) is 158 cm³/mol. The van der Waals surface area contributed by atoms with E-state index in [2.05, 4.69) is 124 Å². The Morgan fingerprint density at radius 3 is 2.18 bits per heavy atom. The maximum atomic E-state index is 6.43. The van der Waals surface area contributed by atoms with E-state index in [-0.39, 0.29) is 16.6 Å². The summed E-state index contributed by atoms with van der Waals surface area (Å²) in [4.78, 5) is 0. The molecule has 1 saturated heterocycles. The molecule has 1 aliphatic carbocycles. The normalized spacial score (nSPS) is 19.7. The second kappa shape index (κ2) is 11.7. The molecule has 2 aromatic carbocycles. The zero-order valence-corrected chi connectivity index (χ0v) is 23.7. The molecule has 2 aliphatic rings. The van der Waals surface area contributed by atoms with E-state index in [1.54, 1.807) is 0 Å². The Bertz CT molecular complexity index is 1390. The average Bonchev–Trinajstić information content (AvgIpc) is 3.29. The second-order valence-corrected chi connectivity index (χ2v) is 11.4. The third-order valence-electron chi connectivity index (χ3n) is 8.34. The van der Waals surface area contributed by atoms with Crippen molar-refractivity contribution < 1.29 is 9.31 Å². The monoisotopic (exact) mass is 502 g/mol. The first kappa shape index (κ1) is 27.9. The highest BCUT2D eigenvalue weighted by atomic mass is 16.7. The van der Waals surface area contributed by atoms with Crippen molar-refractivity contribution in [2.45, 2.75) is 96.2 Å². The van der Waals surface area contributed by atoms with Crippen LogP contribution in [0.3, 0.4) is 0 Å². The number of fused-ring (bicyclic) bond motifs is 3. The van der Waals surface area contributed by atoms with Crippen LogP contribution in [-0.4, -0.2) is 18.3 Å². The number of allylic oxidation sites excluding steroid dienone is 1. The van der Waals surface area contributed by atoms with E-state index < -0.39 is 7.12 Å². The van der Waals surface area contributed by atoms with Crippen LogP contribution in [0.5, 0.6) is 0 Å². The summed E-state index contributed by atoms with van der Waals surface area (Å²) in [5.41, 5.74) is 22.2. The molecule has 3 heteroatoms. The van der Waals surface area contributed by atoms with E-state index in [9.17, 15) is 0 Å². The van der Waals surface area contributed by atoms with Crippen molar-refractivity contribution in [2.75, 3.05) is 0 Å². The van der Waals surface area contributed by atoms with Gasteiger partial charge in [-0.05, 0) is 97.4 Å². The summed E-state index contributed by atoms with van der Waals surface area (Å²) in [5.74, 6) is 0. The third-order valence-corrected chi connectivity index (χ3v) is 8.34. The molecule has 2 nitrogen and oxygen atoms in total. The van der Waals surface area contributed by atoms with Crippen LogP contribution in [0, 0.1) is 0 Å². The van der Waals surface area contributed by atoms with Gasteiger partial charge in [0.1, 0.15) is 0 Å². The Hall–Kier alpha value is -3.16. The van der Waals surface area contributed by atoms with Crippen LogP contribution in [0.15, 0.2) is 89.5 Å². The van der Waals surface area contributed by atoms with Crippen molar-refractivity contribution in [3.8, 4) is 11.1 Å². The van der Waals surface area contributed by atoms with Crippen molar-refractivity contribution in [3.05, 3.63) is 101 Å². The molecule has 194 valence electrons. The SMILES string of the molecule is C=C=C=C=C=C=C=CC1(CCCCCCCC)c2ccccc2-c2ccc(B3OC(C)(C)C(C)(C)O3)cc21. The summed E-state index contributed by atoms with van der Waals surface area (Å²) >= 11 is 0. The highest BCUT2D eigenvalue weighted by molar-refractivity contribution is 6.62. The summed E-state index contributed by atoms with van der Waals surface area (Å²) < 4.78 is 12.9. The van der Waals surface area contributed by atoms with Gasteiger partial charge in [0.25, 0.3) is 0 Å². The van der Waals surface area contributed by atoms with Gasteiger partial charge in [-0.1, -0.05) is 99.4 Å². The van der Waals surface area contributed by atoms with Crippen LogP contribution in [-0.2, 0) is 14.7 Å². The Morgan fingerprint density at radius 1 is 0.789 bits per heavy atom. The number of hydrogen-bond acceptors (Lipinski definition) is 2. The average molecular weight is 503 g/mol. The van der Waals surface area contributed by atoms with Crippen LogP contribution >= 0.6 is 0 Å². The van der Waals surface area contributed by atoms with Gasteiger partial charge in [-0.25, -0.2) is 0 Å². The van der Waals surface area contributed by atoms with Gasteiger partial charge >= 0.3 is 7.12 Å². The first-order chi connectivity index (χ1) is 18.3. The maximum Gasteiger partial charge on any atom is 0.494 e. The van der Waals surface area contributed by atoms with E-state index in [4.69, 9.17) is 9.31 Å². The number of benzene rings is 2. The van der Waals surface area contributed by atoms with Gasteiger partial charge in [0.15, 0.2) is 0 Å². The molecule has 0 saturated carbocycles. The van der Waals surface area contributed by atoms with Gasteiger partial charge in [-0.15, -0.1) is 0 Å². The quantitative estimate of drug-likeness (QED) is 0.196. The smallest absolute Gasteiger partial charge is 0.399 e. The zero-order chi connectivity index (χ0) is 27.2. The molecule has 1 atom stereocenters. The molecule has 2 aromatic rings. The van der Waals surface area contributed by atoms with Gasteiger partial charge in [-0.3, -0.25) is 0 Å². The molecule has 1 unspecified atom stereocenters. The summed E-state index contributed by atoms with van der Waals surface area (Å²) in [5, 5.41) is 0. The third kappa shape index (κ3) is 5.50. The predicted octanol–water partition coefficient (Wildman–Crippen LogP) is 8.12. The minimum atomic E-state index is -0.404. The van der Waals surface area contributed by atoms with E-state index >= 15 is 0 Å². The lowest BCUT2D eigenvalue weighted by Gasteiger charge is -2.32. The molecule has 0 amide bonds. The largest absolute Gasteiger partial charge is 0.494 e. The topological polar surface area (TPSA) is 18.5 Å². The molecule has 1 aliphatic heterocycles. The molecule has 1 fully saturated rings. The maximum absolute atomic E-state index is 6.43. The zero-order valence-electron chi connectivity index (χ0n) is 23.7. The van der Waals surface area contributed by atoms with Gasteiger partial charge in [-0.2, -0.15) is 0 Å². The summed E-state index contributed by atoms with van der Waals surface area (Å²) in [6, 6.07) is 15.5. The first-order valence-electron chi connectivity index (χ1n) is 14.0. The molecular weight excluding hydrogens is 463 g/mol. The molecule has 0 bridgehead atoms. The summed E-state index contributed by atoms with van der Waals surface area (Å²) in [7, 11) is -0.404. The van der Waals surface area contributed by atoms with E-state index in [0.717, 1.165) is 18.3 Å². The van der Waals surface area contributed by atoms with Crippen molar-refractivity contribution in [3.63, 3.8) is 0 Å². The highest BCUT2D eigenvalue weighted by Crippen LogP contribution is 2.52. The molecule has 0 radical (unpaired) electrons. The van der Waals surface area contributed by atoms with E-state index in [1.807, 2.05) is 0 Å². The summed E-state index contributed by atoms with van der Waals surface area (Å²) in [6.45, 7) is 14.2. The van der Waals surface area contributed by atoms with Crippen molar-refractivity contribution in [1.82, 2.24) is 0 Å². The van der Waals surface area contributed by atoms with Crippen LogP contribution in [0.25, 0.3) is 11.1 Å². The fraction of sp³-hybridized carbons (Fsp3) is 0.429. The van der Waals surface area contributed by atoms with Crippen molar-refractivity contribution in [2.24, 2.45) is 0 Å². The van der Waals surface area contributed by atoms with Crippen LogP contribution in [0.4, 0.5) is 0 Å². The Balaban J connectivity index is 1.82. The van der Waals surface area contributed by atoms with Gasteiger partial charge in [0, 0.05) is 5.41 Å². The van der Waals surface area contributed by atoms with Crippen LogP contribution in [0.2, 0.25) is 0 Å². The highest BCUT2D eigenvalue weighted by Gasteiger charge is 2.52. The number of rotatable bonds is 9. The van der Waals surface area contributed by atoms with Crippen LogP contribution in [0.1, 0.15) is 90.7 Å². The fourth-order valence-electron chi connectivity index (χ4n) is 5.53. The number of unbranched alkanes of at least 4 members (excludes halogenated alkanes) is 5. The fourth-order valence-corrected chi connectivity index (χ4v) is 5.53. The Labute approximate surface area is 229 Å². The lowest BCUT2D eigenvalue weighted by molar-refractivity contribution is 0.00578.